The molecular formula is C14H17N3O3S. The van der Waals surface area contributed by atoms with Gasteiger partial charge in [-0.2, -0.15) is 0 Å². The number of ether oxygens (including phenoxy) is 2. The Labute approximate surface area is 126 Å². The molecule has 1 saturated heterocycles. The normalized spacial score (nSPS) is 21.8. The third kappa shape index (κ3) is 2.85. The Balaban J connectivity index is 1.71. The lowest BCUT2D eigenvalue weighted by Crippen LogP contribution is -2.45. The summed E-state index contributed by atoms with van der Waals surface area (Å²) in [4.78, 5) is 16.4. The second-order valence-corrected chi connectivity index (χ2v) is 6.17. The quantitative estimate of drug-likeness (QED) is 0.892. The Morgan fingerprint density at radius 2 is 2.48 bits per heavy atom. The first-order valence-electron chi connectivity index (χ1n) is 6.69. The van der Waals surface area contributed by atoms with Crippen LogP contribution in [0.5, 0.6) is 0 Å². The van der Waals surface area contributed by atoms with Crippen molar-refractivity contribution in [1.82, 2.24) is 10.3 Å². The van der Waals surface area contributed by atoms with Crippen molar-refractivity contribution in [2.75, 3.05) is 32.6 Å². The summed E-state index contributed by atoms with van der Waals surface area (Å²) in [5, 5.41) is 3.42. The Morgan fingerprint density at radius 3 is 3.19 bits per heavy atom. The van der Waals surface area contributed by atoms with Crippen LogP contribution in [0.3, 0.4) is 0 Å². The second kappa shape index (κ2) is 5.59. The summed E-state index contributed by atoms with van der Waals surface area (Å²) in [5.41, 5.74) is 6.67. The number of nitrogens with two attached hydrogens (primary N) is 1. The van der Waals surface area contributed by atoms with E-state index in [2.05, 4.69) is 10.3 Å². The van der Waals surface area contributed by atoms with E-state index >= 15 is 0 Å². The molecule has 1 aliphatic rings. The zero-order chi connectivity index (χ0) is 14.9. The van der Waals surface area contributed by atoms with Gasteiger partial charge in [0.15, 0.2) is 5.13 Å². The van der Waals surface area contributed by atoms with Crippen LogP contribution in [0.1, 0.15) is 16.8 Å². The van der Waals surface area contributed by atoms with Crippen molar-refractivity contribution in [3.63, 3.8) is 0 Å². The van der Waals surface area contributed by atoms with Gasteiger partial charge in [-0.1, -0.05) is 11.3 Å². The van der Waals surface area contributed by atoms with Crippen LogP contribution in [-0.4, -0.2) is 43.4 Å². The van der Waals surface area contributed by atoms with Crippen molar-refractivity contribution in [3.05, 3.63) is 23.8 Å². The fourth-order valence-corrected chi connectivity index (χ4v) is 3.16. The summed E-state index contributed by atoms with van der Waals surface area (Å²) >= 11 is 1.37. The van der Waals surface area contributed by atoms with Crippen molar-refractivity contribution >= 4 is 32.6 Å². The number of hydrogen-bond acceptors (Lipinski definition) is 6. The summed E-state index contributed by atoms with van der Waals surface area (Å²) in [5.74, 6) is -0.132. The molecule has 0 aliphatic carbocycles. The monoisotopic (exact) mass is 307 g/mol. The van der Waals surface area contributed by atoms with Crippen LogP contribution in [0.15, 0.2) is 18.2 Å². The Morgan fingerprint density at radius 1 is 1.62 bits per heavy atom. The van der Waals surface area contributed by atoms with Gasteiger partial charge in [0.2, 0.25) is 0 Å². The van der Waals surface area contributed by atoms with Crippen molar-refractivity contribution in [1.29, 1.82) is 0 Å². The van der Waals surface area contributed by atoms with Gasteiger partial charge in [0.1, 0.15) is 5.60 Å². The molecule has 0 spiro atoms. The third-order valence-electron chi connectivity index (χ3n) is 3.74. The average molecular weight is 307 g/mol. The lowest BCUT2D eigenvalue weighted by atomic mass is 10.0. The molecule has 112 valence electrons. The van der Waals surface area contributed by atoms with Gasteiger partial charge in [-0.3, -0.25) is 4.79 Å². The third-order valence-corrected chi connectivity index (χ3v) is 4.59. The van der Waals surface area contributed by atoms with E-state index in [4.69, 9.17) is 15.2 Å². The number of carbonyl (C=O) groups excluding carboxylic acids is 1. The van der Waals surface area contributed by atoms with Crippen molar-refractivity contribution in [3.8, 4) is 0 Å². The van der Waals surface area contributed by atoms with Crippen LogP contribution in [0, 0.1) is 0 Å². The highest BCUT2D eigenvalue weighted by Gasteiger charge is 2.35. The summed E-state index contributed by atoms with van der Waals surface area (Å²) < 4.78 is 11.8. The van der Waals surface area contributed by atoms with Crippen molar-refractivity contribution in [2.45, 2.75) is 12.0 Å². The largest absolute Gasteiger partial charge is 0.378 e. The number of anilines is 1. The number of amides is 1. The maximum atomic E-state index is 12.3. The maximum Gasteiger partial charge on any atom is 0.251 e. The standard InChI is InChI=1S/C14H17N3O3S/c1-19-14(4-5-20-8-14)7-16-12(18)9-2-3-10-11(6-9)21-13(15)17-10/h2-3,6H,4-5,7-8H2,1H3,(H2,15,17)(H,16,18). The van der Waals surface area contributed by atoms with Crippen LogP contribution >= 0.6 is 11.3 Å². The van der Waals surface area contributed by atoms with Crippen LogP contribution < -0.4 is 11.1 Å². The number of nitrogens with one attached hydrogen (secondary N) is 1. The van der Waals surface area contributed by atoms with E-state index in [9.17, 15) is 4.79 Å². The van der Waals surface area contributed by atoms with E-state index in [0.717, 1.165) is 16.6 Å². The van der Waals surface area contributed by atoms with E-state index < -0.39 is 5.60 Å². The molecule has 7 heteroatoms. The number of rotatable bonds is 4. The minimum atomic E-state index is -0.408. The number of nitrogen functional groups attached to an aromatic ring is 1. The Bertz CT molecular complexity index is 665. The number of thiazole rings is 1. The Kier molecular flexibility index (Phi) is 3.79. The van der Waals surface area contributed by atoms with Gasteiger partial charge in [-0.15, -0.1) is 0 Å². The zero-order valence-corrected chi connectivity index (χ0v) is 12.5. The van der Waals surface area contributed by atoms with Crippen LogP contribution in [0.25, 0.3) is 10.2 Å². The van der Waals surface area contributed by atoms with Gasteiger partial charge in [-0.25, -0.2) is 4.98 Å². The summed E-state index contributed by atoms with van der Waals surface area (Å²) in [6, 6.07) is 5.37. The number of aromatic nitrogens is 1. The molecule has 0 radical (unpaired) electrons. The predicted octanol–water partition coefficient (Wildman–Crippen LogP) is 1.41. The van der Waals surface area contributed by atoms with Crippen LogP contribution in [-0.2, 0) is 9.47 Å². The lowest BCUT2D eigenvalue weighted by Gasteiger charge is -2.25. The average Bonchev–Trinajstić information content (AvgIpc) is 3.09. The predicted molar refractivity (Wildman–Crippen MR) is 81.5 cm³/mol. The minimum absolute atomic E-state index is 0.132. The molecule has 1 amide bonds. The van der Waals surface area contributed by atoms with Crippen LogP contribution in [0.4, 0.5) is 5.13 Å². The fourth-order valence-electron chi connectivity index (χ4n) is 2.39. The molecule has 2 aromatic rings. The van der Waals surface area contributed by atoms with Gasteiger partial charge >= 0.3 is 0 Å². The summed E-state index contributed by atoms with van der Waals surface area (Å²) in [7, 11) is 1.65. The molecule has 1 aromatic carbocycles. The van der Waals surface area contributed by atoms with E-state index in [1.54, 1.807) is 13.2 Å². The van der Waals surface area contributed by atoms with E-state index in [1.807, 2.05) is 12.1 Å². The van der Waals surface area contributed by atoms with Crippen molar-refractivity contribution in [2.24, 2.45) is 0 Å². The molecule has 1 unspecified atom stereocenters. The molecule has 2 heterocycles. The highest BCUT2D eigenvalue weighted by molar-refractivity contribution is 7.22. The van der Waals surface area contributed by atoms with Gasteiger partial charge in [0.25, 0.3) is 5.91 Å². The lowest BCUT2D eigenvalue weighted by molar-refractivity contribution is -0.0148. The van der Waals surface area contributed by atoms with Gasteiger partial charge in [-0.05, 0) is 18.2 Å². The number of carbonyl (C=O) groups is 1. The fraction of sp³-hybridized carbons (Fsp3) is 0.429. The molecule has 1 aromatic heterocycles. The van der Waals surface area contributed by atoms with E-state index in [-0.39, 0.29) is 5.91 Å². The number of hydrogen-bond donors (Lipinski definition) is 2. The summed E-state index contributed by atoms with van der Waals surface area (Å²) in [6.45, 7) is 1.61. The summed E-state index contributed by atoms with van der Waals surface area (Å²) in [6.07, 6.45) is 0.786. The van der Waals surface area contributed by atoms with Gasteiger partial charge in [0.05, 0.1) is 16.8 Å². The molecular weight excluding hydrogens is 290 g/mol. The highest BCUT2D eigenvalue weighted by atomic mass is 32.1. The van der Waals surface area contributed by atoms with Crippen LogP contribution in [0.2, 0.25) is 0 Å². The zero-order valence-electron chi connectivity index (χ0n) is 11.7. The molecule has 1 atom stereocenters. The molecule has 0 saturated carbocycles. The first-order valence-corrected chi connectivity index (χ1v) is 7.51. The first-order chi connectivity index (χ1) is 10.1. The molecule has 3 rings (SSSR count). The molecule has 21 heavy (non-hydrogen) atoms. The topological polar surface area (TPSA) is 86.5 Å². The van der Waals surface area contributed by atoms with Crippen molar-refractivity contribution < 1.29 is 14.3 Å². The van der Waals surface area contributed by atoms with E-state index in [1.165, 1.54) is 11.3 Å². The van der Waals surface area contributed by atoms with Gasteiger partial charge in [0, 0.05) is 32.2 Å². The molecule has 1 fully saturated rings. The maximum absolute atomic E-state index is 12.3. The number of nitrogens with zero attached hydrogens (tertiary/aromatic N) is 1. The Hall–Kier alpha value is -1.70. The molecule has 3 N–H and O–H groups in total. The molecule has 1 aliphatic heterocycles. The highest BCUT2D eigenvalue weighted by Crippen LogP contribution is 2.25. The molecule has 0 bridgehead atoms. The molecule has 6 nitrogen and oxygen atoms in total. The number of benzene rings is 1. The van der Waals surface area contributed by atoms with E-state index in [0.29, 0.717) is 30.5 Å². The smallest absolute Gasteiger partial charge is 0.251 e. The number of fused-ring (bicyclic) bond motifs is 1. The SMILES string of the molecule is COC1(CNC(=O)c2ccc3nc(N)sc3c2)CCOC1. The number of methoxy groups -OCH3 is 1. The minimum Gasteiger partial charge on any atom is -0.378 e. The second-order valence-electron chi connectivity index (χ2n) is 5.11. The first kappa shape index (κ1) is 14.2. The van der Waals surface area contributed by atoms with Gasteiger partial charge < -0.3 is 20.5 Å².